The topological polar surface area (TPSA) is 129 Å². The lowest BCUT2D eigenvalue weighted by Gasteiger charge is -2.02. The van der Waals surface area contributed by atoms with E-state index in [-0.39, 0.29) is 12.6 Å². The molecule has 2 aliphatic heterocycles. The van der Waals surface area contributed by atoms with Crippen LogP contribution in [0, 0.1) is 13.8 Å². The number of allylic oxidation sites excluding steroid dienone is 5. The van der Waals surface area contributed by atoms with Gasteiger partial charge in [0.1, 0.15) is 0 Å². The first-order valence-corrected chi connectivity index (χ1v) is 13.7. The van der Waals surface area contributed by atoms with E-state index < -0.39 is 5.97 Å². The zero-order valence-electron chi connectivity index (χ0n) is 24.6. The highest BCUT2D eigenvalue weighted by atomic mass is 16.4. The number of aromatic nitrogens is 4. The fourth-order valence-electron chi connectivity index (χ4n) is 5.67. The Labute approximate surface area is 244 Å². The summed E-state index contributed by atoms with van der Waals surface area (Å²) in [6.45, 7) is 18.6. The van der Waals surface area contributed by atoms with E-state index in [0.29, 0.717) is 6.42 Å². The van der Waals surface area contributed by atoms with E-state index in [4.69, 9.17) is 19.6 Å². The van der Waals surface area contributed by atoms with E-state index >= 15 is 0 Å². The summed E-state index contributed by atoms with van der Waals surface area (Å²) in [6.07, 6.45) is 5.28. The summed E-state index contributed by atoms with van der Waals surface area (Å²) in [6, 6.07) is 8.28. The molecule has 3 aromatic rings. The summed E-state index contributed by atoms with van der Waals surface area (Å²) in [4.78, 5) is 44.9. The molecule has 8 bridgehead atoms. The number of hydrogen-bond acceptors (Lipinski definition) is 5. The molecule has 0 aliphatic carbocycles. The Morgan fingerprint density at radius 1 is 0.833 bits per heavy atom. The predicted octanol–water partition coefficient (Wildman–Crippen LogP) is 7.47. The zero-order chi connectivity index (χ0) is 30.7. The number of carboxylic acid groups (broad SMARTS) is 1. The first-order chi connectivity index (χ1) is 20.1. The Kier molecular flexibility index (Phi) is 8.69. The Hall–Kier alpha value is -5.07. The molecule has 2 aliphatic rings. The van der Waals surface area contributed by atoms with Gasteiger partial charge in [0.05, 0.1) is 22.8 Å². The van der Waals surface area contributed by atoms with Crippen molar-refractivity contribution in [1.82, 2.24) is 19.9 Å². The van der Waals surface area contributed by atoms with Crippen LogP contribution in [-0.4, -0.2) is 37.2 Å². The van der Waals surface area contributed by atoms with Crippen LogP contribution in [0.1, 0.15) is 78.6 Å². The highest BCUT2D eigenvalue weighted by molar-refractivity contribution is 5.98. The van der Waals surface area contributed by atoms with E-state index in [1.165, 1.54) is 11.1 Å². The van der Waals surface area contributed by atoms with E-state index in [2.05, 4.69) is 69.0 Å². The van der Waals surface area contributed by atoms with E-state index in [9.17, 15) is 9.90 Å². The predicted molar refractivity (Wildman–Crippen MR) is 167 cm³/mol. The summed E-state index contributed by atoms with van der Waals surface area (Å²) in [5.41, 5.74) is 15.7. The Bertz CT molecular complexity index is 1890. The van der Waals surface area contributed by atoms with Crippen LogP contribution < -0.4 is 0 Å². The fourth-order valence-corrected chi connectivity index (χ4v) is 5.67. The first kappa shape index (κ1) is 29.9. The SMILES string of the molecule is C=CC1=C(C)c2cc3[nH]c(cc4nc(cc5[nH]c(cc1n2)c(C)c5C=C)C(C)=C4CCC(=O)O)c(CC)c3C.O=C=O. The van der Waals surface area contributed by atoms with Crippen molar-refractivity contribution in [3.8, 4) is 0 Å². The second-order valence-electron chi connectivity index (χ2n) is 10.3. The van der Waals surface area contributed by atoms with Crippen LogP contribution >= 0.6 is 0 Å². The van der Waals surface area contributed by atoms with Gasteiger partial charge in [0, 0.05) is 39.6 Å². The molecular formula is C34H34N4O4. The molecule has 5 rings (SSSR count). The van der Waals surface area contributed by atoms with Crippen molar-refractivity contribution < 1.29 is 19.5 Å². The van der Waals surface area contributed by atoms with Gasteiger partial charge in [-0.3, -0.25) is 4.79 Å². The average Bonchev–Trinajstić information content (AvgIpc) is 3.60. The van der Waals surface area contributed by atoms with Crippen molar-refractivity contribution in [1.29, 1.82) is 0 Å². The molecule has 3 aromatic heterocycles. The van der Waals surface area contributed by atoms with E-state index in [0.717, 1.165) is 84.7 Å². The lowest BCUT2D eigenvalue weighted by molar-refractivity contribution is -0.191. The number of aryl methyl sites for hydroxylation is 3. The standard InChI is InChI=1S/C33H34N4O2.CO2/c1-8-21-17(4)25-13-26-18(5)23(10-3)31(35-26)16-32-24(11-12-33(38)39)20(7)28(37-32)15-30-22(9-2)19(6)27(36-30)14-29(21)34-25;2-1-3/h8-9,13-16,35-36H,1-2,10-12H2,3-7H3,(H,38,39);. The van der Waals surface area contributed by atoms with Gasteiger partial charge in [-0.05, 0) is 98.2 Å². The summed E-state index contributed by atoms with van der Waals surface area (Å²) in [7, 11) is 0. The van der Waals surface area contributed by atoms with Crippen molar-refractivity contribution in [2.45, 2.75) is 53.9 Å². The molecule has 214 valence electrons. The molecular weight excluding hydrogens is 528 g/mol. The molecule has 0 aromatic carbocycles. The molecule has 0 unspecified atom stereocenters. The summed E-state index contributed by atoms with van der Waals surface area (Å²) >= 11 is 0. The zero-order valence-corrected chi connectivity index (χ0v) is 24.6. The third-order valence-corrected chi connectivity index (χ3v) is 7.99. The molecule has 8 nitrogen and oxygen atoms in total. The van der Waals surface area contributed by atoms with Gasteiger partial charge in [-0.2, -0.15) is 9.59 Å². The molecule has 5 heterocycles. The van der Waals surface area contributed by atoms with Crippen LogP contribution in [0.3, 0.4) is 0 Å². The van der Waals surface area contributed by atoms with Gasteiger partial charge in [-0.1, -0.05) is 32.2 Å². The first-order valence-electron chi connectivity index (χ1n) is 13.7. The Morgan fingerprint density at radius 3 is 2.00 bits per heavy atom. The van der Waals surface area contributed by atoms with E-state index in [1.54, 1.807) is 0 Å². The van der Waals surface area contributed by atoms with Gasteiger partial charge in [-0.25, -0.2) is 9.97 Å². The monoisotopic (exact) mass is 562 g/mol. The number of carbonyl (C=O) groups excluding carboxylic acids is 2. The number of nitrogens with one attached hydrogen (secondary N) is 2. The molecule has 0 spiro atoms. The largest absolute Gasteiger partial charge is 0.481 e. The molecule has 0 amide bonds. The second-order valence-corrected chi connectivity index (χ2v) is 10.3. The summed E-state index contributed by atoms with van der Waals surface area (Å²) in [5, 5.41) is 9.42. The van der Waals surface area contributed by atoms with Crippen molar-refractivity contribution in [2.75, 3.05) is 0 Å². The minimum Gasteiger partial charge on any atom is -0.481 e. The number of aliphatic carboxylic acids is 1. The molecule has 0 saturated heterocycles. The van der Waals surface area contributed by atoms with Crippen LogP contribution in [0.4, 0.5) is 0 Å². The number of H-pyrrole nitrogens is 2. The minimum absolute atomic E-state index is 0.0462. The molecule has 8 heteroatoms. The number of carboxylic acids is 1. The lowest BCUT2D eigenvalue weighted by atomic mass is 10.0. The molecule has 0 saturated carbocycles. The molecule has 0 atom stereocenters. The van der Waals surface area contributed by atoms with Gasteiger partial charge in [0.15, 0.2) is 0 Å². The normalized spacial score (nSPS) is 12.5. The van der Waals surface area contributed by atoms with Gasteiger partial charge >= 0.3 is 12.1 Å². The third kappa shape index (κ3) is 5.45. The van der Waals surface area contributed by atoms with Crippen molar-refractivity contribution >= 4 is 62.6 Å². The van der Waals surface area contributed by atoms with Gasteiger partial charge in [0.2, 0.25) is 0 Å². The molecule has 3 N–H and O–H groups in total. The number of rotatable bonds is 6. The number of carbonyl (C=O) groups is 1. The maximum atomic E-state index is 11.5. The van der Waals surface area contributed by atoms with Crippen molar-refractivity contribution in [2.24, 2.45) is 0 Å². The van der Waals surface area contributed by atoms with Crippen LogP contribution in [-0.2, 0) is 20.8 Å². The number of nitrogens with zero attached hydrogens (tertiary/aromatic N) is 2. The van der Waals surface area contributed by atoms with Crippen LogP contribution in [0.15, 0.2) is 43.5 Å². The molecule has 42 heavy (non-hydrogen) atoms. The summed E-state index contributed by atoms with van der Waals surface area (Å²) < 4.78 is 0. The van der Waals surface area contributed by atoms with Crippen molar-refractivity contribution in [3.05, 3.63) is 88.5 Å². The smallest absolute Gasteiger partial charge is 0.373 e. The Morgan fingerprint density at radius 2 is 1.38 bits per heavy atom. The number of aromatic amines is 2. The molecule has 0 fully saturated rings. The van der Waals surface area contributed by atoms with Crippen molar-refractivity contribution in [3.63, 3.8) is 0 Å². The van der Waals surface area contributed by atoms with Crippen LogP contribution in [0.5, 0.6) is 0 Å². The lowest BCUT2D eigenvalue weighted by Crippen LogP contribution is -1.95. The number of fused-ring (bicyclic) bond motifs is 8. The highest BCUT2D eigenvalue weighted by Gasteiger charge is 2.20. The fraction of sp³-hybridized carbons (Fsp3) is 0.235. The van der Waals surface area contributed by atoms with Crippen LogP contribution in [0.25, 0.3) is 50.4 Å². The minimum atomic E-state index is -0.822. The second kappa shape index (κ2) is 12.2. The molecule has 0 radical (unpaired) electrons. The summed E-state index contributed by atoms with van der Waals surface area (Å²) in [5.74, 6) is -0.822. The average molecular weight is 563 g/mol. The van der Waals surface area contributed by atoms with Gasteiger partial charge in [-0.15, -0.1) is 0 Å². The third-order valence-electron chi connectivity index (χ3n) is 7.99. The van der Waals surface area contributed by atoms with Gasteiger partial charge in [0.25, 0.3) is 0 Å². The van der Waals surface area contributed by atoms with Gasteiger partial charge < -0.3 is 15.1 Å². The maximum Gasteiger partial charge on any atom is 0.373 e. The number of hydrogen-bond donors (Lipinski definition) is 3. The van der Waals surface area contributed by atoms with Crippen LogP contribution in [0.2, 0.25) is 0 Å². The van der Waals surface area contributed by atoms with E-state index in [1.807, 2.05) is 25.1 Å². The Balaban J connectivity index is 0.00000129. The highest BCUT2D eigenvalue weighted by Crippen LogP contribution is 2.36. The maximum absolute atomic E-state index is 11.5. The quantitative estimate of drug-likeness (QED) is 0.286.